The van der Waals surface area contributed by atoms with Gasteiger partial charge in [0.05, 0.1) is 25.5 Å². The third kappa shape index (κ3) is 2.97. The standard InChI is InChI=1S/C20H18N2O5/c1-12-15(20(24)25-2)10-17(27-12)18-21-16-8-4-3-7-14(16)19(23)22(18)11-13-6-5-9-26-13/h3-10,18,21H,11H2,1-2H3. The molecule has 7 heteroatoms. The Kier molecular flexibility index (Phi) is 4.19. The quantitative estimate of drug-likeness (QED) is 0.708. The van der Waals surface area contributed by atoms with Gasteiger partial charge in [0.1, 0.15) is 22.8 Å². The number of anilines is 1. The number of nitrogens with zero attached hydrogens (tertiary/aromatic N) is 1. The van der Waals surface area contributed by atoms with Crippen molar-refractivity contribution in [2.45, 2.75) is 19.6 Å². The van der Waals surface area contributed by atoms with Crippen molar-refractivity contribution in [1.29, 1.82) is 0 Å². The number of hydrogen-bond acceptors (Lipinski definition) is 6. The third-order valence-corrected chi connectivity index (χ3v) is 4.54. The van der Waals surface area contributed by atoms with E-state index in [0.717, 1.165) is 0 Å². The molecule has 1 amide bonds. The number of aryl methyl sites for hydroxylation is 1. The summed E-state index contributed by atoms with van der Waals surface area (Å²) in [5.74, 6) is 0.887. The molecule has 1 unspecified atom stereocenters. The van der Waals surface area contributed by atoms with Gasteiger partial charge in [-0.15, -0.1) is 0 Å². The molecule has 0 aliphatic carbocycles. The average Bonchev–Trinajstić information content (AvgIpc) is 3.33. The Bertz CT molecular complexity index is 990. The smallest absolute Gasteiger partial charge is 0.341 e. The fourth-order valence-electron chi connectivity index (χ4n) is 3.20. The topological polar surface area (TPSA) is 84.9 Å². The molecule has 1 aliphatic rings. The maximum atomic E-state index is 13.1. The van der Waals surface area contributed by atoms with Crippen LogP contribution in [0.1, 0.15) is 44.2 Å². The normalized spacial score (nSPS) is 16.0. The van der Waals surface area contributed by atoms with Gasteiger partial charge in [-0.2, -0.15) is 0 Å². The van der Waals surface area contributed by atoms with Crippen LogP contribution in [-0.4, -0.2) is 23.9 Å². The number of rotatable bonds is 4. The fraction of sp³-hybridized carbons (Fsp3) is 0.200. The number of methoxy groups -OCH3 is 1. The highest BCUT2D eigenvalue weighted by atomic mass is 16.5. The molecule has 27 heavy (non-hydrogen) atoms. The van der Waals surface area contributed by atoms with E-state index in [-0.39, 0.29) is 12.5 Å². The zero-order valence-electron chi connectivity index (χ0n) is 14.9. The van der Waals surface area contributed by atoms with Crippen LogP contribution in [-0.2, 0) is 11.3 Å². The number of carbonyl (C=O) groups is 2. The largest absolute Gasteiger partial charge is 0.467 e. The first kappa shape index (κ1) is 17.0. The van der Waals surface area contributed by atoms with Gasteiger partial charge in [0.2, 0.25) is 0 Å². The number of carbonyl (C=O) groups excluding carboxylic acids is 2. The molecule has 2 aromatic heterocycles. The maximum Gasteiger partial charge on any atom is 0.341 e. The molecule has 3 heterocycles. The molecule has 0 saturated heterocycles. The van der Waals surface area contributed by atoms with Crippen molar-refractivity contribution < 1.29 is 23.2 Å². The van der Waals surface area contributed by atoms with Gasteiger partial charge >= 0.3 is 5.97 Å². The lowest BCUT2D eigenvalue weighted by Crippen LogP contribution is -2.42. The minimum absolute atomic E-state index is 0.153. The second kappa shape index (κ2) is 6.68. The second-order valence-electron chi connectivity index (χ2n) is 6.22. The van der Waals surface area contributed by atoms with Crippen molar-refractivity contribution in [2.24, 2.45) is 0 Å². The van der Waals surface area contributed by atoms with E-state index in [0.29, 0.717) is 34.1 Å². The number of hydrogen-bond donors (Lipinski definition) is 1. The van der Waals surface area contributed by atoms with Crippen LogP contribution in [0, 0.1) is 6.92 Å². The maximum absolute atomic E-state index is 13.1. The lowest BCUT2D eigenvalue weighted by Gasteiger charge is -2.36. The molecule has 0 fully saturated rings. The van der Waals surface area contributed by atoms with E-state index in [2.05, 4.69) is 5.32 Å². The van der Waals surface area contributed by atoms with Gasteiger partial charge in [0.15, 0.2) is 6.17 Å². The Labute approximate surface area is 155 Å². The van der Waals surface area contributed by atoms with Crippen LogP contribution in [0.5, 0.6) is 0 Å². The zero-order chi connectivity index (χ0) is 19.0. The molecule has 3 aromatic rings. The first-order chi connectivity index (χ1) is 13.1. The summed E-state index contributed by atoms with van der Waals surface area (Å²) in [6.45, 7) is 1.94. The molecule has 7 nitrogen and oxygen atoms in total. The van der Waals surface area contributed by atoms with Crippen LogP contribution in [0.4, 0.5) is 5.69 Å². The number of esters is 1. The number of ether oxygens (including phenoxy) is 1. The minimum Gasteiger partial charge on any atom is -0.467 e. The van der Waals surface area contributed by atoms with Crippen LogP contribution in [0.25, 0.3) is 0 Å². The first-order valence-electron chi connectivity index (χ1n) is 8.46. The van der Waals surface area contributed by atoms with Gasteiger partial charge in [-0.3, -0.25) is 4.79 Å². The van der Waals surface area contributed by atoms with Crippen molar-refractivity contribution in [3.8, 4) is 0 Å². The number of nitrogens with one attached hydrogen (secondary N) is 1. The Morgan fingerprint density at radius 2 is 2.07 bits per heavy atom. The molecule has 1 atom stereocenters. The highest BCUT2D eigenvalue weighted by Crippen LogP contribution is 2.35. The number of benzene rings is 1. The predicted octanol–water partition coefficient (Wildman–Crippen LogP) is 3.73. The summed E-state index contributed by atoms with van der Waals surface area (Å²) in [5, 5.41) is 3.32. The summed E-state index contributed by atoms with van der Waals surface area (Å²) in [7, 11) is 1.32. The van der Waals surface area contributed by atoms with Crippen molar-refractivity contribution in [1.82, 2.24) is 4.90 Å². The molecule has 0 saturated carbocycles. The molecule has 0 spiro atoms. The van der Waals surface area contributed by atoms with E-state index in [1.807, 2.05) is 18.2 Å². The summed E-state index contributed by atoms with van der Waals surface area (Å²) in [6, 6.07) is 12.5. The fourth-order valence-corrected chi connectivity index (χ4v) is 3.20. The number of fused-ring (bicyclic) bond motifs is 1. The van der Waals surface area contributed by atoms with Crippen LogP contribution in [0.15, 0.2) is 57.6 Å². The number of amides is 1. The van der Waals surface area contributed by atoms with Gasteiger partial charge in [-0.05, 0) is 37.3 Å². The summed E-state index contributed by atoms with van der Waals surface area (Å²) < 4.78 is 16.0. The van der Waals surface area contributed by atoms with Gasteiger partial charge in [-0.25, -0.2) is 4.79 Å². The van der Waals surface area contributed by atoms with Gasteiger partial charge in [0.25, 0.3) is 5.91 Å². The van der Waals surface area contributed by atoms with Crippen LogP contribution in [0.2, 0.25) is 0 Å². The number of furan rings is 2. The number of para-hydroxylation sites is 1. The SMILES string of the molecule is COC(=O)c1cc(C2Nc3ccccc3C(=O)N2Cc2ccco2)oc1C. The summed E-state index contributed by atoms with van der Waals surface area (Å²) in [6.07, 6.45) is 0.974. The molecule has 1 aromatic carbocycles. The average molecular weight is 366 g/mol. The Morgan fingerprint density at radius 1 is 1.26 bits per heavy atom. The van der Waals surface area contributed by atoms with Crippen molar-refractivity contribution >= 4 is 17.6 Å². The summed E-state index contributed by atoms with van der Waals surface area (Å²) in [5.41, 5.74) is 1.60. The monoisotopic (exact) mass is 366 g/mol. The van der Waals surface area contributed by atoms with Crippen LogP contribution >= 0.6 is 0 Å². The molecule has 138 valence electrons. The van der Waals surface area contributed by atoms with Crippen molar-refractivity contribution in [2.75, 3.05) is 12.4 Å². The Hall–Kier alpha value is -3.48. The van der Waals surface area contributed by atoms with E-state index in [4.69, 9.17) is 13.6 Å². The predicted molar refractivity (Wildman–Crippen MR) is 96.2 cm³/mol. The third-order valence-electron chi connectivity index (χ3n) is 4.54. The molecular weight excluding hydrogens is 348 g/mol. The van der Waals surface area contributed by atoms with Gasteiger partial charge in [0, 0.05) is 5.69 Å². The molecule has 0 radical (unpaired) electrons. The first-order valence-corrected chi connectivity index (χ1v) is 8.46. The highest BCUT2D eigenvalue weighted by Gasteiger charge is 2.36. The van der Waals surface area contributed by atoms with Gasteiger partial charge in [-0.1, -0.05) is 12.1 Å². The van der Waals surface area contributed by atoms with Crippen molar-refractivity contribution in [3.05, 3.63) is 77.1 Å². The lowest BCUT2D eigenvalue weighted by atomic mass is 10.1. The summed E-state index contributed by atoms with van der Waals surface area (Å²) >= 11 is 0. The lowest BCUT2D eigenvalue weighted by molar-refractivity contribution is 0.0596. The molecule has 1 aliphatic heterocycles. The van der Waals surface area contributed by atoms with E-state index >= 15 is 0 Å². The molecule has 0 bridgehead atoms. The van der Waals surface area contributed by atoms with Crippen LogP contribution in [0.3, 0.4) is 0 Å². The summed E-state index contributed by atoms with van der Waals surface area (Å²) in [4.78, 5) is 26.7. The Balaban J connectivity index is 1.76. The zero-order valence-corrected chi connectivity index (χ0v) is 14.9. The van der Waals surface area contributed by atoms with E-state index in [1.54, 1.807) is 42.4 Å². The molecule has 4 rings (SSSR count). The van der Waals surface area contributed by atoms with E-state index < -0.39 is 12.1 Å². The molecule has 1 N–H and O–H groups in total. The minimum atomic E-state index is -0.588. The van der Waals surface area contributed by atoms with Gasteiger partial charge < -0.3 is 23.8 Å². The van der Waals surface area contributed by atoms with Crippen LogP contribution < -0.4 is 5.32 Å². The van der Waals surface area contributed by atoms with E-state index in [9.17, 15) is 9.59 Å². The Morgan fingerprint density at radius 3 is 2.81 bits per heavy atom. The van der Waals surface area contributed by atoms with E-state index in [1.165, 1.54) is 7.11 Å². The highest BCUT2D eigenvalue weighted by molar-refractivity contribution is 6.01. The second-order valence-corrected chi connectivity index (χ2v) is 6.22. The van der Waals surface area contributed by atoms with Crippen molar-refractivity contribution in [3.63, 3.8) is 0 Å². The molecular formula is C20H18N2O5.